The maximum absolute atomic E-state index is 5.85. The van der Waals surface area contributed by atoms with Gasteiger partial charge in [-0.15, -0.1) is 0 Å². The molecular weight excluding hydrogens is 158 g/mol. The lowest BCUT2D eigenvalue weighted by Crippen LogP contribution is -2.48. The van der Waals surface area contributed by atoms with Gasteiger partial charge in [0.25, 0.3) is 0 Å². The molecule has 0 heterocycles. The summed E-state index contributed by atoms with van der Waals surface area (Å²) < 4.78 is 0. The van der Waals surface area contributed by atoms with Gasteiger partial charge in [-0.2, -0.15) is 0 Å². The Morgan fingerprint density at radius 2 is 2.31 bits per heavy atom. The second-order valence-corrected chi connectivity index (χ2v) is 5.50. The van der Waals surface area contributed by atoms with E-state index in [1.54, 1.807) is 5.57 Å². The van der Waals surface area contributed by atoms with Crippen LogP contribution in [0, 0.1) is 17.3 Å². The standard InChI is InChI=1S/C12H21N/c1-8(13)6-9-4-5-10-7-11(9)12(10,2)3/h4,8,10-11H,5-7,13H2,1-3H3/t8-,10?,11?/m0/s1. The second-order valence-electron chi connectivity index (χ2n) is 5.50. The highest BCUT2D eigenvalue weighted by Crippen LogP contribution is 2.59. The summed E-state index contributed by atoms with van der Waals surface area (Å²) in [7, 11) is 0. The molecule has 0 aromatic rings. The molecule has 1 saturated carbocycles. The average Bonchev–Trinajstić information content (AvgIpc) is 2.03. The van der Waals surface area contributed by atoms with Crippen molar-refractivity contribution in [2.75, 3.05) is 0 Å². The lowest BCUT2D eigenvalue weighted by Gasteiger charge is -2.56. The van der Waals surface area contributed by atoms with Crippen LogP contribution < -0.4 is 5.73 Å². The molecule has 0 aromatic carbocycles. The van der Waals surface area contributed by atoms with Gasteiger partial charge in [-0.3, -0.25) is 0 Å². The first-order chi connectivity index (χ1) is 6.01. The van der Waals surface area contributed by atoms with Crippen LogP contribution in [-0.2, 0) is 0 Å². The Labute approximate surface area is 81.4 Å². The zero-order valence-corrected chi connectivity index (χ0v) is 9.01. The summed E-state index contributed by atoms with van der Waals surface area (Å²) in [5, 5.41) is 0. The third-order valence-electron chi connectivity index (χ3n) is 4.14. The molecule has 3 atom stereocenters. The smallest absolute Gasteiger partial charge is 0.00477 e. The van der Waals surface area contributed by atoms with Crippen molar-refractivity contribution in [3.63, 3.8) is 0 Å². The summed E-state index contributed by atoms with van der Waals surface area (Å²) in [5.74, 6) is 1.80. The molecule has 0 amide bonds. The molecule has 0 aliphatic heterocycles. The molecule has 74 valence electrons. The molecule has 1 fully saturated rings. The fourth-order valence-electron chi connectivity index (χ4n) is 3.08. The molecular formula is C12H21N. The molecule has 1 nitrogen and oxygen atoms in total. The first-order valence-corrected chi connectivity index (χ1v) is 5.46. The van der Waals surface area contributed by atoms with Crippen LogP contribution in [0.1, 0.15) is 40.0 Å². The van der Waals surface area contributed by atoms with Gasteiger partial charge in [-0.25, -0.2) is 0 Å². The summed E-state index contributed by atoms with van der Waals surface area (Å²) in [6.07, 6.45) is 6.28. The van der Waals surface area contributed by atoms with E-state index in [1.165, 1.54) is 12.8 Å². The van der Waals surface area contributed by atoms with Gasteiger partial charge in [0.2, 0.25) is 0 Å². The van der Waals surface area contributed by atoms with Crippen molar-refractivity contribution >= 4 is 0 Å². The van der Waals surface area contributed by atoms with Crippen LogP contribution in [0.2, 0.25) is 0 Å². The SMILES string of the molecule is C[C@H](N)CC1=CCC2CC1C2(C)C. The highest BCUT2D eigenvalue weighted by Gasteiger charge is 2.50. The van der Waals surface area contributed by atoms with Crippen LogP contribution in [0.25, 0.3) is 0 Å². The zero-order valence-electron chi connectivity index (χ0n) is 9.01. The van der Waals surface area contributed by atoms with Crippen molar-refractivity contribution in [2.24, 2.45) is 23.0 Å². The molecule has 2 N–H and O–H groups in total. The number of rotatable bonds is 2. The number of nitrogens with two attached hydrogens (primary N) is 1. The van der Waals surface area contributed by atoms with Crippen molar-refractivity contribution in [1.82, 2.24) is 0 Å². The topological polar surface area (TPSA) is 26.0 Å². The normalized spacial score (nSPS) is 37.7. The molecule has 0 radical (unpaired) electrons. The van der Waals surface area contributed by atoms with Crippen molar-refractivity contribution in [1.29, 1.82) is 0 Å². The first-order valence-electron chi connectivity index (χ1n) is 5.46. The molecule has 3 rings (SSSR count). The van der Waals surface area contributed by atoms with Gasteiger partial charge in [0.15, 0.2) is 0 Å². The van der Waals surface area contributed by atoms with E-state index < -0.39 is 0 Å². The summed E-state index contributed by atoms with van der Waals surface area (Å²) in [5.41, 5.74) is 8.06. The minimum Gasteiger partial charge on any atom is -0.328 e. The first kappa shape index (κ1) is 9.26. The van der Waals surface area contributed by atoms with Crippen molar-refractivity contribution in [2.45, 2.75) is 46.1 Å². The third-order valence-corrected chi connectivity index (χ3v) is 4.14. The third kappa shape index (κ3) is 1.34. The van der Waals surface area contributed by atoms with E-state index in [0.29, 0.717) is 11.5 Å². The summed E-state index contributed by atoms with van der Waals surface area (Å²) in [6.45, 7) is 6.94. The van der Waals surface area contributed by atoms with Crippen LogP contribution in [-0.4, -0.2) is 6.04 Å². The van der Waals surface area contributed by atoms with Gasteiger partial charge in [0, 0.05) is 6.04 Å². The number of hydrogen-bond acceptors (Lipinski definition) is 1. The molecule has 3 aliphatic rings. The Morgan fingerprint density at radius 1 is 1.62 bits per heavy atom. The molecule has 3 aliphatic carbocycles. The van der Waals surface area contributed by atoms with Crippen molar-refractivity contribution < 1.29 is 0 Å². The molecule has 0 spiro atoms. The fraction of sp³-hybridized carbons (Fsp3) is 0.833. The van der Waals surface area contributed by atoms with E-state index in [9.17, 15) is 0 Å². The maximum Gasteiger partial charge on any atom is 0.00477 e. The van der Waals surface area contributed by atoms with E-state index >= 15 is 0 Å². The highest BCUT2D eigenvalue weighted by atomic mass is 14.6. The molecule has 13 heavy (non-hydrogen) atoms. The predicted octanol–water partition coefficient (Wildman–Crippen LogP) is 2.72. The Morgan fingerprint density at radius 3 is 2.77 bits per heavy atom. The van der Waals surface area contributed by atoms with Crippen LogP contribution in [0.15, 0.2) is 11.6 Å². The van der Waals surface area contributed by atoms with Crippen LogP contribution in [0.3, 0.4) is 0 Å². The van der Waals surface area contributed by atoms with E-state index in [4.69, 9.17) is 5.73 Å². The van der Waals surface area contributed by atoms with Gasteiger partial charge in [-0.05, 0) is 43.4 Å². The Bertz CT molecular complexity index is 238. The lowest BCUT2D eigenvalue weighted by atomic mass is 9.48. The van der Waals surface area contributed by atoms with Crippen LogP contribution in [0.5, 0.6) is 0 Å². The number of allylic oxidation sites excluding steroid dienone is 1. The quantitative estimate of drug-likeness (QED) is 0.648. The summed E-state index contributed by atoms with van der Waals surface area (Å²) >= 11 is 0. The van der Waals surface area contributed by atoms with Crippen LogP contribution >= 0.6 is 0 Å². The van der Waals surface area contributed by atoms with Gasteiger partial charge in [0.05, 0.1) is 0 Å². The van der Waals surface area contributed by atoms with E-state index in [0.717, 1.165) is 18.3 Å². The molecule has 2 bridgehead atoms. The molecule has 2 unspecified atom stereocenters. The lowest BCUT2D eigenvalue weighted by molar-refractivity contribution is -0.00859. The monoisotopic (exact) mass is 179 g/mol. The Kier molecular flexibility index (Phi) is 2.03. The average molecular weight is 179 g/mol. The maximum atomic E-state index is 5.85. The molecule has 0 aromatic heterocycles. The number of hydrogen-bond donors (Lipinski definition) is 1. The van der Waals surface area contributed by atoms with Gasteiger partial charge in [-0.1, -0.05) is 25.5 Å². The molecule has 0 saturated heterocycles. The van der Waals surface area contributed by atoms with Gasteiger partial charge >= 0.3 is 0 Å². The van der Waals surface area contributed by atoms with E-state index in [1.807, 2.05) is 0 Å². The Hall–Kier alpha value is -0.300. The van der Waals surface area contributed by atoms with E-state index in [-0.39, 0.29) is 0 Å². The van der Waals surface area contributed by atoms with E-state index in [2.05, 4.69) is 26.8 Å². The Balaban J connectivity index is 2.10. The number of fused-ring (bicyclic) bond motifs is 1. The molecule has 1 heteroatoms. The van der Waals surface area contributed by atoms with Gasteiger partial charge in [0.1, 0.15) is 0 Å². The minimum atomic E-state index is 0.333. The van der Waals surface area contributed by atoms with Gasteiger partial charge < -0.3 is 5.73 Å². The minimum absolute atomic E-state index is 0.333. The predicted molar refractivity (Wildman–Crippen MR) is 56.3 cm³/mol. The summed E-state index contributed by atoms with van der Waals surface area (Å²) in [6, 6.07) is 0.333. The highest BCUT2D eigenvalue weighted by molar-refractivity contribution is 5.23. The second kappa shape index (κ2) is 2.84. The van der Waals surface area contributed by atoms with Crippen LogP contribution in [0.4, 0.5) is 0 Å². The zero-order chi connectivity index (χ0) is 9.64. The summed E-state index contributed by atoms with van der Waals surface area (Å²) in [4.78, 5) is 0. The van der Waals surface area contributed by atoms with Crippen molar-refractivity contribution in [3.8, 4) is 0 Å². The van der Waals surface area contributed by atoms with Crippen molar-refractivity contribution in [3.05, 3.63) is 11.6 Å². The fourth-order valence-corrected chi connectivity index (χ4v) is 3.08. The largest absolute Gasteiger partial charge is 0.328 e.